The van der Waals surface area contributed by atoms with E-state index >= 15 is 0 Å². The number of thioether (sulfide) groups is 1. The molecule has 0 radical (unpaired) electrons. The van der Waals surface area contributed by atoms with Gasteiger partial charge in [0.2, 0.25) is 5.91 Å². The number of amides is 1. The van der Waals surface area contributed by atoms with Crippen molar-refractivity contribution in [3.8, 4) is 0 Å². The van der Waals surface area contributed by atoms with E-state index in [2.05, 4.69) is 27.5 Å². The van der Waals surface area contributed by atoms with Crippen LogP contribution < -0.4 is 16.2 Å². The number of piperidine rings is 1. The molecule has 1 amide bonds. The predicted molar refractivity (Wildman–Crippen MR) is 116 cm³/mol. The molecule has 3 rings (SSSR count). The lowest BCUT2D eigenvalue weighted by atomic mass is 10.0. The molecule has 2 aromatic heterocycles. The topological polar surface area (TPSA) is 86.9 Å². The van der Waals surface area contributed by atoms with Crippen molar-refractivity contribution in [2.75, 3.05) is 6.54 Å². The summed E-state index contributed by atoms with van der Waals surface area (Å²) in [5.41, 5.74) is 0.912. The van der Waals surface area contributed by atoms with Gasteiger partial charge >= 0.3 is 0 Å². The smallest absolute Gasteiger partial charge is 0.259 e. The molecule has 27 heavy (non-hydrogen) atoms. The normalized spacial score (nSPS) is 20.9. The lowest BCUT2D eigenvalue weighted by Crippen LogP contribution is -2.48. The molecular weight excluding hydrogens is 404 g/mol. The van der Waals surface area contributed by atoms with Crippen LogP contribution in [0.15, 0.2) is 4.79 Å². The number of carbonyl (C=O) groups excluding carboxylic acids is 1. The van der Waals surface area contributed by atoms with E-state index in [1.807, 2.05) is 20.8 Å². The van der Waals surface area contributed by atoms with Crippen molar-refractivity contribution >= 4 is 51.6 Å². The third kappa shape index (κ3) is 5.25. The zero-order valence-corrected chi connectivity index (χ0v) is 18.5. The summed E-state index contributed by atoms with van der Waals surface area (Å²) in [5.74, 6) is 1.20. The summed E-state index contributed by atoms with van der Waals surface area (Å²) in [7, 11) is 0. The van der Waals surface area contributed by atoms with Crippen molar-refractivity contribution in [3.63, 3.8) is 0 Å². The summed E-state index contributed by atoms with van der Waals surface area (Å²) < 4.78 is 0. The summed E-state index contributed by atoms with van der Waals surface area (Å²) in [6.45, 7) is 8.94. The quantitative estimate of drug-likeness (QED) is 0.678. The first-order chi connectivity index (χ1) is 12.3. The highest BCUT2D eigenvalue weighted by atomic mass is 35.5. The van der Waals surface area contributed by atoms with Gasteiger partial charge in [0.1, 0.15) is 10.7 Å². The number of fused-ring (bicyclic) bond motifs is 1. The average molecular weight is 431 g/mol. The van der Waals surface area contributed by atoms with Gasteiger partial charge in [0.25, 0.3) is 5.56 Å². The van der Waals surface area contributed by atoms with Gasteiger partial charge in [-0.1, -0.05) is 0 Å². The maximum Gasteiger partial charge on any atom is 0.259 e. The van der Waals surface area contributed by atoms with Gasteiger partial charge in [0.05, 0.1) is 16.4 Å². The zero-order valence-electron chi connectivity index (χ0n) is 16.0. The molecule has 6 nitrogen and oxygen atoms in total. The number of aromatic amines is 1. The van der Waals surface area contributed by atoms with Gasteiger partial charge in [-0.2, -0.15) is 0 Å². The number of halogens is 1. The molecule has 0 aliphatic carbocycles. The van der Waals surface area contributed by atoms with Gasteiger partial charge in [-0.05, 0) is 52.6 Å². The van der Waals surface area contributed by atoms with Crippen molar-refractivity contribution in [2.45, 2.75) is 63.6 Å². The number of nitrogens with one attached hydrogen (secondary N) is 3. The van der Waals surface area contributed by atoms with Gasteiger partial charge in [0, 0.05) is 17.0 Å². The van der Waals surface area contributed by atoms with Crippen LogP contribution in [-0.4, -0.2) is 39.8 Å². The molecule has 150 valence electrons. The summed E-state index contributed by atoms with van der Waals surface area (Å²) in [4.78, 5) is 34.1. The van der Waals surface area contributed by atoms with Crippen LogP contribution in [0.5, 0.6) is 0 Å². The molecule has 0 aromatic carbocycles. The number of carbonyl (C=O) groups is 1. The van der Waals surface area contributed by atoms with E-state index in [0.717, 1.165) is 34.7 Å². The molecule has 9 heteroatoms. The predicted octanol–water partition coefficient (Wildman–Crippen LogP) is 2.90. The Balaban J connectivity index is 0.00000261. The average Bonchev–Trinajstić information content (AvgIpc) is 2.87. The molecular formula is C18H27ClN4O2S2. The second-order valence-corrected chi connectivity index (χ2v) is 9.55. The van der Waals surface area contributed by atoms with Crippen molar-refractivity contribution in [1.82, 2.24) is 20.6 Å². The van der Waals surface area contributed by atoms with Crippen LogP contribution >= 0.6 is 35.5 Å². The standard InChI is InChI=1S/C18H26N4O2S2.ClH/c1-9-7-13(5-6-19-9)20-16(23)12(4)25-8-14-21-17(24)15-10(2)11(3)26-18(15)22-14;/h9,12-13,19H,5-8H2,1-4H3,(H,20,23)(H,21,22,24);1H. The molecule has 1 fully saturated rings. The maximum atomic E-state index is 12.4. The number of H-pyrrole nitrogens is 1. The van der Waals surface area contributed by atoms with Gasteiger partial charge in [0.15, 0.2) is 0 Å². The highest BCUT2D eigenvalue weighted by Crippen LogP contribution is 2.26. The Labute approximate surface area is 173 Å². The third-order valence-corrected chi connectivity index (χ3v) is 7.15. The number of thiophene rings is 1. The van der Waals surface area contributed by atoms with Crippen LogP contribution in [0.25, 0.3) is 10.2 Å². The molecule has 0 saturated carbocycles. The van der Waals surface area contributed by atoms with Gasteiger partial charge in [-0.25, -0.2) is 4.98 Å². The Kier molecular flexibility index (Phi) is 7.73. The fourth-order valence-electron chi connectivity index (χ4n) is 3.23. The first kappa shape index (κ1) is 22.2. The van der Waals surface area contributed by atoms with E-state index in [4.69, 9.17) is 0 Å². The van der Waals surface area contributed by atoms with Crippen molar-refractivity contribution < 1.29 is 4.79 Å². The molecule has 0 spiro atoms. The summed E-state index contributed by atoms with van der Waals surface area (Å²) in [6.07, 6.45) is 1.93. The Hall–Kier alpha value is -1.09. The number of aromatic nitrogens is 2. The van der Waals surface area contributed by atoms with Crippen LogP contribution in [0, 0.1) is 13.8 Å². The summed E-state index contributed by atoms with van der Waals surface area (Å²) in [5, 5.41) is 7.04. The number of nitrogens with zero attached hydrogens (tertiary/aromatic N) is 1. The van der Waals surface area contributed by atoms with Crippen molar-refractivity contribution in [1.29, 1.82) is 0 Å². The highest BCUT2D eigenvalue weighted by molar-refractivity contribution is 7.99. The Morgan fingerprint density at radius 2 is 2.19 bits per heavy atom. The van der Waals surface area contributed by atoms with Gasteiger partial charge in [-0.3, -0.25) is 9.59 Å². The van der Waals surface area contributed by atoms with E-state index in [-0.39, 0.29) is 35.2 Å². The third-order valence-electron chi connectivity index (χ3n) is 4.90. The number of hydrogen-bond donors (Lipinski definition) is 3. The molecule has 3 heterocycles. The minimum Gasteiger partial charge on any atom is -0.352 e. The molecule has 3 atom stereocenters. The number of rotatable bonds is 5. The minimum atomic E-state index is -0.187. The number of aryl methyl sites for hydroxylation is 2. The summed E-state index contributed by atoms with van der Waals surface area (Å²) >= 11 is 3.05. The van der Waals surface area contributed by atoms with Crippen LogP contribution in [0.1, 0.15) is 43.0 Å². The molecule has 1 aliphatic heterocycles. The fraction of sp³-hybridized carbons (Fsp3) is 0.611. The van der Waals surface area contributed by atoms with Crippen molar-refractivity contribution in [3.05, 3.63) is 26.6 Å². The minimum absolute atomic E-state index is 0. The molecule has 3 N–H and O–H groups in total. The van der Waals surface area contributed by atoms with Crippen LogP contribution in [-0.2, 0) is 10.5 Å². The first-order valence-corrected chi connectivity index (χ1v) is 10.9. The largest absolute Gasteiger partial charge is 0.352 e. The molecule has 3 unspecified atom stereocenters. The van der Waals surface area contributed by atoms with E-state index in [1.54, 1.807) is 11.3 Å². The van der Waals surface area contributed by atoms with Crippen LogP contribution in [0.4, 0.5) is 0 Å². The number of hydrogen-bond acceptors (Lipinski definition) is 6. The van der Waals surface area contributed by atoms with E-state index < -0.39 is 0 Å². The molecule has 2 aromatic rings. The second-order valence-electron chi connectivity index (χ2n) is 7.01. The first-order valence-electron chi connectivity index (χ1n) is 8.99. The second kappa shape index (κ2) is 9.41. The Morgan fingerprint density at radius 1 is 1.44 bits per heavy atom. The summed E-state index contributed by atoms with van der Waals surface area (Å²) in [6, 6.07) is 0.684. The zero-order chi connectivity index (χ0) is 18.8. The maximum absolute atomic E-state index is 12.4. The van der Waals surface area contributed by atoms with Gasteiger partial charge in [-0.15, -0.1) is 35.5 Å². The highest BCUT2D eigenvalue weighted by Gasteiger charge is 2.23. The van der Waals surface area contributed by atoms with E-state index in [1.165, 1.54) is 11.8 Å². The van der Waals surface area contributed by atoms with E-state index in [0.29, 0.717) is 23.0 Å². The van der Waals surface area contributed by atoms with E-state index in [9.17, 15) is 9.59 Å². The molecule has 1 saturated heterocycles. The fourth-order valence-corrected chi connectivity index (χ4v) is 5.04. The Bertz CT molecular complexity index is 867. The molecule has 0 bridgehead atoms. The van der Waals surface area contributed by atoms with Crippen LogP contribution in [0.2, 0.25) is 0 Å². The van der Waals surface area contributed by atoms with Gasteiger partial charge < -0.3 is 15.6 Å². The SMILES string of the molecule is Cc1sc2nc(CSC(C)C(=O)NC3CCNC(C)C3)[nH]c(=O)c2c1C.Cl. The monoisotopic (exact) mass is 430 g/mol. The molecule has 1 aliphatic rings. The van der Waals surface area contributed by atoms with Crippen molar-refractivity contribution in [2.24, 2.45) is 0 Å². The lowest BCUT2D eigenvalue weighted by Gasteiger charge is -2.29. The lowest BCUT2D eigenvalue weighted by molar-refractivity contribution is -0.121. The Morgan fingerprint density at radius 3 is 2.89 bits per heavy atom. The van der Waals surface area contributed by atoms with Crippen LogP contribution in [0.3, 0.4) is 0 Å².